The molecule has 10 aromatic carbocycles. The van der Waals surface area contributed by atoms with E-state index >= 15 is 0 Å². The molecule has 0 spiro atoms. The van der Waals surface area contributed by atoms with E-state index in [-0.39, 0.29) is 0 Å². The maximum Gasteiger partial charge on any atom is 0.126 e. The van der Waals surface area contributed by atoms with Gasteiger partial charge in [-0.1, -0.05) is 267 Å². The van der Waals surface area contributed by atoms with E-state index in [9.17, 15) is 0 Å². The molecule has 0 aliphatic rings. The highest BCUT2D eigenvalue weighted by molar-refractivity contribution is 5.95. The average molecular weight is 1640 g/mol. The zero-order valence-corrected chi connectivity index (χ0v) is 70.5. The maximum atomic E-state index is 4.75. The van der Waals surface area contributed by atoms with E-state index in [0.717, 1.165) is 197 Å². The van der Waals surface area contributed by atoms with Crippen LogP contribution in [0.2, 0.25) is 0 Å². The third kappa shape index (κ3) is 20.8. The van der Waals surface area contributed by atoms with Crippen molar-refractivity contribution in [2.75, 3.05) is 0 Å². The van der Waals surface area contributed by atoms with Gasteiger partial charge in [0, 0.05) is 140 Å². The van der Waals surface area contributed by atoms with Crippen molar-refractivity contribution in [3.63, 3.8) is 0 Å². The second kappa shape index (κ2) is 39.7. The first-order chi connectivity index (χ1) is 62.5. The van der Waals surface area contributed by atoms with Crippen molar-refractivity contribution < 1.29 is 0 Å². The van der Waals surface area contributed by atoms with E-state index in [1.807, 2.05) is 211 Å². The quantitative estimate of drug-likeness (QED) is 0.0992. The van der Waals surface area contributed by atoms with E-state index in [2.05, 4.69) is 282 Å². The number of pyridine rings is 6. The Balaban J connectivity index is 0.000000115. The van der Waals surface area contributed by atoms with Gasteiger partial charge in [0.25, 0.3) is 0 Å². The summed E-state index contributed by atoms with van der Waals surface area (Å²) in [6, 6.07) is 121. The number of fused-ring (bicyclic) bond motifs is 2. The summed E-state index contributed by atoms with van der Waals surface area (Å²) in [6.45, 7) is 9.61. The predicted octanol–water partition coefficient (Wildman–Crippen LogP) is 25.9. The molecule has 0 atom stereocenters. The van der Waals surface area contributed by atoms with Crippen LogP contribution in [0.4, 0.5) is 0 Å². The normalized spacial score (nSPS) is 10.7. The van der Waals surface area contributed by atoms with Crippen molar-refractivity contribution in [2.45, 2.75) is 34.6 Å². The van der Waals surface area contributed by atoms with Gasteiger partial charge >= 0.3 is 0 Å². The average Bonchev–Trinajstić information content (AvgIpc) is 0.798. The Bertz CT molecular complexity index is 6680. The summed E-state index contributed by atoms with van der Waals surface area (Å²) < 4.78 is 0. The summed E-state index contributed by atoms with van der Waals surface area (Å²) in [7, 11) is 0. The van der Waals surface area contributed by atoms with Crippen molar-refractivity contribution in [2.24, 2.45) is 0 Å². The molecule has 11 heterocycles. The molecule has 0 aliphatic carbocycles. The fourth-order valence-electron chi connectivity index (χ4n) is 14.8. The summed E-state index contributed by atoms with van der Waals surface area (Å²) in [5, 5.41) is 2.27. The number of aromatic nitrogens is 16. The van der Waals surface area contributed by atoms with Crippen LogP contribution in [0.1, 0.15) is 29.1 Å². The lowest BCUT2D eigenvalue weighted by Gasteiger charge is -2.10. The Morgan fingerprint density at radius 1 is 0.150 bits per heavy atom. The highest BCUT2D eigenvalue weighted by atomic mass is 14.9. The molecule has 127 heavy (non-hydrogen) atoms. The van der Waals surface area contributed by atoms with E-state index in [1.54, 1.807) is 31.0 Å². The highest BCUT2D eigenvalue weighted by Crippen LogP contribution is 2.36. The molecule has 0 bridgehead atoms. The fraction of sp³-hybridized carbons (Fsp3) is 0.0450. The van der Waals surface area contributed by atoms with E-state index < -0.39 is 0 Å². The number of hydrogen-bond acceptors (Lipinski definition) is 16. The van der Waals surface area contributed by atoms with Crippen LogP contribution < -0.4 is 0 Å². The lowest BCUT2D eigenvalue weighted by Crippen LogP contribution is -1.95. The lowest BCUT2D eigenvalue weighted by molar-refractivity contribution is 1.06. The van der Waals surface area contributed by atoms with Crippen molar-refractivity contribution in [1.82, 2.24) is 79.7 Å². The number of hydrogen-bond donors (Lipinski definition) is 0. The molecule has 0 N–H and O–H groups in total. The minimum absolute atomic E-state index is 0.743. The van der Waals surface area contributed by atoms with Crippen LogP contribution in [-0.2, 0) is 0 Å². The summed E-state index contributed by atoms with van der Waals surface area (Å²) in [5.74, 6) is 3.80. The van der Waals surface area contributed by atoms with Crippen LogP contribution in [0, 0.1) is 34.6 Å². The number of benzene rings is 10. The largest absolute Gasteiger partial charge is 0.265 e. The maximum absolute atomic E-state index is 4.75. The molecular formula is C111H84N16. The Hall–Kier alpha value is -17.0. The van der Waals surface area contributed by atoms with Crippen LogP contribution >= 0.6 is 0 Å². The second-order valence-corrected chi connectivity index (χ2v) is 29.9. The molecule has 0 radical (unpaired) electrons. The van der Waals surface area contributed by atoms with Gasteiger partial charge in [-0.15, -0.1) is 0 Å². The molecule has 0 fully saturated rings. The zero-order valence-electron chi connectivity index (χ0n) is 70.5. The summed E-state index contributed by atoms with van der Waals surface area (Å²) in [6.07, 6.45) is 18.0. The van der Waals surface area contributed by atoms with Crippen molar-refractivity contribution in [1.29, 1.82) is 0 Å². The monoisotopic (exact) mass is 1640 g/mol. The molecule has 0 unspecified atom stereocenters. The van der Waals surface area contributed by atoms with Gasteiger partial charge < -0.3 is 0 Å². The molecule has 21 rings (SSSR count). The Morgan fingerprint density at radius 3 is 0.638 bits per heavy atom. The van der Waals surface area contributed by atoms with Gasteiger partial charge in [0.15, 0.2) is 0 Å². The van der Waals surface area contributed by atoms with Crippen LogP contribution in [0.5, 0.6) is 0 Å². The molecule has 21 aromatic rings. The number of para-hydroxylation sites is 2. The number of aryl methyl sites for hydroxylation is 5. The third-order valence-electron chi connectivity index (χ3n) is 21.0. The molecule has 608 valence electrons. The molecule has 0 aliphatic heterocycles. The molecule has 0 amide bonds. The van der Waals surface area contributed by atoms with Crippen molar-refractivity contribution in [3.8, 4) is 157 Å². The predicted molar refractivity (Wildman–Crippen MR) is 512 cm³/mol. The summed E-state index contributed by atoms with van der Waals surface area (Å²) >= 11 is 0. The smallest absolute Gasteiger partial charge is 0.126 e. The van der Waals surface area contributed by atoms with Crippen LogP contribution in [0.3, 0.4) is 0 Å². The van der Waals surface area contributed by atoms with Gasteiger partial charge in [-0.2, -0.15) is 0 Å². The molecule has 0 saturated heterocycles. The number of nitrogens with zero attached hydrogens (tertiary/aromatic N) is 16. The minimum atomic E-state index is 0.743. The first-order valence-corrected chi connectivity index (χ1v) is 41.7. The van der Waals surface area contributed by atoms with Crippen LogP contribution in [0.15, 0.2) is 420 Å². The summed E-state index contributed by atoms with van der Waals surface area (Å²) in [5.41, 5.74) is 31.0. The van der Waals surface area contributed by atoms with Gasteiger partial charge in [0.05, 0.1) is 68.0 Å². The van der Waals surface area contributed by atoms with Gasteiger partial charge in [-0.3, -0.25) is 29.9 Å². The highest BCUT2D eigenvalue weighted by Gasteiger charge is 2.16. The minimum Gasteiger partial charge on any atom is -0.265 e. The van der Waals surface area contributed by atoms with Gasteiger partial charge in [-0.05, 0) is 159 Å². The Kier molecular flexibility index (Phi) is 25.7. The third-order valence-corrected chi connectivity index (χ3v) is 21.0. The first kappa shape index (κ1) is 82.3. The molecule has 16 heteroatoms. The lowest BCUT2D eigenvalue weighted by atomic mass is 9.98. The van der Waals surface area contributed by atoms with Crippen LogP contribution in [0.25, 0.3) is 179 Å². The van der Waals surface area contributed by atoms with E-state index in [1.165, 1.54) is 11.1 Å². The SMILES string of the molecule is Cc1nc(-c2ccc(-c3cccc4cccnc34)cc2)cc(-c2ccc(-c3cccc4cccnc34)cc2)n1.Cc1nc(-c2ccc(-c3ccccc3)cc2)cc(-c2cccnc2)n1.Cc1nc(-c2ccc(-c3ccncc3)cc2)cc(-c2cccnc2)n1.Cc1nc(-c2ccccc2)cc(-c2ccccc2)n1.Cc1nc(-c2ccccc2)cc(-c2cccnc2)n1. The fourth-order valence-corrected chi connectivity index (χ4v) is 14.8. The topological polar surface area (TPSA) is 206 Å². The van der Waals surface area contributed by atoms with E-state index in [0.29, 0.717) is 0 Å². The first-order valence-electron chi connectivity index (χ1n) is 41.7. The van der Waals surface area contributed by atoms with E-state index in [4.69, 9.17) is 9.97 Å². The van der Waals surface area contributed by atoms with Crippen molar-refractivity contribution in [3.05, 3.63) is 449 Å². The molecular weight excluding hydrogens is 1560 g/mol. The van der Waals surface area contributed by atoms with Gasteiger partial charge in [0.2, 0.25) is 0 Å². The van der Waals surface area contributed by atoms with Gasteiger partial charge in [-0.25, -0.2) is 49.8 Å². The van der Waals surface area contributed by atoms with Crippen molar-refractivity contribution >= 4 is 21.8 Å². The second-order valence-electron chi connectivity index (χ2n) is 29.9. The standard InChI is InChI=1S/C35H24N4.C22H17N3.C21H16N4.C17H14N2.C16H13N3/c1-23-38-32(26-16-12-24(13-17-26)30-10-2-6-28-8-4-20-36-34(28)30)22-33(39-23)27-18-14-25(15-19-27)31-11-3-7-29-9-5-21-37-35(29)31;1-16-24-21(14-22(25-16)20-8-5-13-23-15-20)19-11-9-18(10-12-19)17-6-3-2-4-7-17;1-15-24-20(13-21(25-15)19-3-2-10-23-14-19)18-6-4-16(5-7-18)17-8-11-22-12-9-17;1-13-18-16(14-8-4-2-5-9-14)12-17(19-13)15-10-6-3-7-11-15;1-12-18-15(13-6-3-2-4-7-13)10-16(19-12)14-8-5-9-17-11-14/h2-22H,1H3;2-15H,1H3;2-14H,1H3;2-12H,1H3;2-11H,1H3. The Labute approximate surface area is 737 Å². The zero-order chi connectivity index (χ0) is 86.5. The summed E-state index contributed by atoms with van der Waals surface area (Å²) in [4.78, 5) is 71.6. The molecule has 0 saturated carbocycles. The van der Waals surface area contributed by atoms with Gasteiger partial charge in [0.1, 0.15) is 29.1 Å². The molecule has 16 nitrogen and oxygen atoms in total. The van der Waals surface area contributed by atoms with Crippen LogP contribution in [-0.4, -0.2) is 79.7 Å². The Morgan fingerprint density at radius 2 is 0.362 bits per heavy atom. The molecule has 11 aromatic heterocycles. The number of rotatable bonds is 14.